The van der Waals surface area contributed by atoms with Crippen LogP contribution in [0.2, 0.25) is 0 Å². The number of Topliss-reactive ketones (excluding diaryl/α,β-unsaturated/α-hetero) is 1. The molecule has 0 heterocycles. The Labute approximate surface area is 90.5 Å². The highest BCUT2D eigenvalue weighted by Crippen LogP contribution is 2.64. The second-order valence-corrected chi connectivity index (χ2v) is 5.61. The lowest BCUT2D eigenvalue weighted by atomic mass is 9.63. The van der Waals surface area contributed by atoms with E-state index >= 15 is 0 Å². The van der Waals surface area contributed by atoms with Gasteiger partial charge in [0.05, 0.1) is 0 Å². The predicted molar refractivity (Wildman–Crippen MR) is 60.1 cm³/mol. The average molecular weight is 200 g/mol. The van der Waals surface area contributed by atoms with Crippen molar-refractivity contribution in [3.63, 3.8) is 0 Å². The summed E-state index contributed by atoms with van der Waals surface area (Å²) in [4.78, 5) is 12.0. The van der Waals surface area contributed by atoms with Crippen molar-refractivity contribution in [2.75, 3.05) is 0 Å². The van der Waals surface area contributed by atoms with Crippen molar-refractivity contribution in [1.29, 1.82) is 0 Å². The minimum absolute atomic E-state index is 0.151. The van der Waals surface area contributed by atoms with Crippen LogP contribution in [0.15, 0.2) is 24.3 Å². The molecule has 0 unspecified atom stereocenters. The van der Waals surface area contributed by atoms with Crippen molar-refractivity contribution in [3.05, 3.63) is 35.4 Å². The highest BCUT2D eigenvalue weighted by molar-refractivity contribution is 6.00. The van der Waals surface area contributed by atoms with E-state index in [0.29, 0.717) is 17.6 Å². The third-order valence-electron chi connectivity index (χ3n) is 4.39. The zero-order valence-electron chi connectivity index (χ0n) is 9.34. The zero-order valence-corrected chi connectivity index (χ0v) is 9.34. The van der Waals surface area contributed by atoms with Crippen molar-refractivity contribution in [2.45, 2.75) is 38.5 Å². The van der Waals surface area contributed by atoms with E-state index in [-0.39, 0.29) is 5.41 Å². The van der Waals surface area contributed by atoms with E-state index in [1.54, 1.807) is 0 Å². The van der Waals surface area contributed by atoms with Gasteiger partial charge in [-0.2, -0.15) is 0 Å². The molecule has 1 nitrogen and oxygen atoms in total. The first-order valence-corrected chi connectivity index (χ1v) is 5.70. The van der Waals surface area contributed by atoms with E-state index in [1.807, 2.05) is 12.1 Å². The van der Waals surface area contributed by atoms with Crippen LogP contribution in [0.3, 0.4) is 0 Å². The Kier molecular flexibility index (Phi) is 1.54. The summed E-state index contributed by atoms with van der Waals surface area (Å²) in [5.74, 6) is 0.327. The van der Waals surface area contributed by atoms with Crippen molar-refractivity contribution in [1.82, 2.24) is 0 Å². The fourth-order valence-electron chi connectivity index (χ4n) is 3.25. The fourth-order valence-corrected chi connectivity index (χ4v) is 3.25. The molecule has 1 saturated carbocycles. The monoisotopic (exact) mass is 200 g/mol. The molecule has 0 amide bonds. The Balaban J connectivity index is 2.25. The first-order chi connectivity index (χ1) is 7.07. The molecule has 1 heteroatoms. The summed E-state index contributed by atoms with van der Waals surface area (Å²) >= 11 is 0. The second-order valence-electron chi connectivity index (χ2n) is 5.61. The summed E-state index contributed by atoms with van der Waals surface area (Å²) in [6.45, 7) is 4.49. The zero-order chi connectivity index (χ0) is 10.7. The highest BCUT2D eigenvalue weighted by atomic mass is 16.1. The minimum Gasteiger partial charge on any atom is -0.294 e. The molecule has 1 fully saturated rings. The third-order valence-corrected chi connectivity index (χ3v) is 4.39. The van der Waals surface area contributed by atoms with Gasteiger partial charge in [0.15, 0.2) is 5.78 Å². The lowest BCUT2D eigenvalue weighted by Crippen LogP contribution is -2.37. The van der Waals surface area contributed by atoms with E-state index in [1.165, 1.54) is 18.4 Å². The van der Waals surface area contributed by atoms with Gasteiger partial charge in [0, 0.05) is 17.4 Å². The summed E-state index contributed by atoms with van der Waals surface area (Å²) < 4.78 is 0. The Morgan fingerprint density at radius 3 is 2.47 bits per heavy atom. The van der Waals surface area contributed by atoms with Gasteiger partial charge < -0.3 is 0 Å². The van der Waals surface area contributed by atoms with Gasteiger partial charge in [-0.1, -0.05) is 38.1 Å². The van der Waals surface area contributed by atoms with E-state index in [2.05, 4.69) is 26.0 Å². The molecule has 1 spiro atoms. The van der Waals surface area contributed by atoms with Crippen LogP contribution in [-0.4, -0.2) is 5.78 Å². The molecule has 2 aliphatic carbocycles. The standard InChI is InChI=1S/C14H16O/c1-13(2)9-12(15)10-5-3-4-6-11(10)14(13)7-8-14/h3-6H,7-9H2,1-2H3. The van der Waals surface area contributed by atoms with Crippen LogP contribution >= 0.6 is 0 Å². The minimum atomic E-state index is 0.151. The molecular formula is C14H16O. The number of carbonyl (C=O) groups excluding carboxylic acids is 1. The quantitative estimate of drug-likeness (QED) is 0.627. The lowest BCUT2D eigenvalue weighted by molar-refractivity contribution is 0.0868. The first kappa shape index (κ1) is 9.14. The second kappa shape index (κ2) is 2.52. The third kappa shape index (κ3) is 1.01. The molecule has 0 radical (unpaired) electrons. The molecule has 15 heavy (non-hydrogen) atoms. The number of carbonyl (C=O) groups is 1. The maximum absolute atomic E-state index is 12.0. The van der Waals surface area contributed by atoms with Gasteiger partial charge >= 0.3 is 0 Å². The fraction of sp³-hybridized carbons (Fsp3) is 0.500. The van der Waals surface area contributed by atoms with Crippen LogP contribution in [0.5, 0.6) is 0 Å². The van der Waals surface area contributed by atoms with Crippen LogP contribution in [-0.2, 0) is 5.41 Å². The summed E-state index contributed by atoms with van der Waals surface area (Å²) in [6.07, 6.45) is 3.22. The van der Waals surface area contributed by atoms with E-state index in [4.69, 9.17) is 0 Å². The number of fused-ring (bicyclic) bond motifs is 2. The van der Waals surface area contributed by atoms with Crippen LogP contribution in [0, 0.1) is 5.41 Å². The van der Waals surface area contributed by atoms with Gasteiger partial charge in [0.1, 0.15) is 0 Å². The van der Waals surface area contributed by atoms with E-state index < -0.39 is 0 Å². The summed E-state index contributed by atoms with van der Waals surface area (Å²) in [6, 6.07) is 8.19. The molecule has 3 rings (SSSR count). The van der Waals surface area contributed by atoms with Gasteiger partial charge in [0.2, 0.25) is 0 Å². The Bertz CT molecular complexity index is 438. The maximum Gasteiger partial charge on any atom is 0.163 e. The maximum atomic E-state index is 12.0. The molecule has 0 aliphatic heterocycles. The lowest BCUT2D eigenvalue weighted by Gasteiger charge is -2.40. The normalized spacial score (nSPS) is 25.1. The molecule has 0 saturated heterocycles. The predicted octanol–water partition coefficient (Wildman–Crippen LogP) is 3.33. The average Bonchev–Trinajstić information content (AvgIpc) is 2.96. The first-order valence-electron chi connectivity index (χ1n) is 5.70. The van der Waals surface area contributed by atoms with Crippen LogP contribution in [0.1, 0.15) is 49.0 Å². The van der Waals surface area contributed by atoms with Crippen LogP contribution < -0.4 is 0 Å². The number of benzene rings is 1. The van der Waals surface area contributed by atoms with E-state index in [0.717, 1.165) is 5.56 Å². The highest BCUT2D eigenvalue weighted by Gasteiger charge is 2.59. The summed E-state index contributed by atoms with van der Waals surface area (Å²) in [5.41, 5.74) is 2.76. The molecular weight excluding hydrogens is 184 g/mol. The molecule has 0 aromatic heterocycles. The van der Waals surface area contributed by atoms with Crippen molar-refractivity contribution in [2.24, 2.45) is 5.41 Å². The molecule has 78 valence electrons. The summed E-state index contributed by atoms with van der Waals surface area (Å²) in [7, 11) is 0. The number of ketones is 1. The van der Waals surface area contributed by atoms with Crippen molar-refractivity contribution in [3.8, 4) is 0 Å². The van der Waals surface area contributed by atoms with Gasteiger partial charge in [-0.05, 0) is 23.8 Å². The Morgan fingerprint density at radius 2 is 1.80 bits per heavy atom. The largest absolute Gasteiger partial charge is 0.294 e. The SMILES string of the molecule is CC1(C)CC(=O)c2ccccc2C12CC2. The van der Waals surface area contributed by atoms with Gasteiger partial charge in [-0.15, -0.1) is 0 Å². The number of hydrogen-bond donors (Lipinski definition) is 0. The molecule has 0 atom stereocenters. The van der Waals surface area contributed by atoms with Crippen molar-refractivity contribution >= 4 is 5.78 Å². The Morgan fingerprint density at radius 1 is 1.13 bits per heavy atom. The van der Waals surface area contributed by atoms with Gasteiger partial charge in [-0.25, -0.2) is 0 Å². The summed E-state index contributed by atoms with van der Waals surface area (Å²) in [5, 5.41) is 0. The smallest absolute Gasteiger partial charge is 0.163 e. The Hall–Kier alpha value is -1.11. The van der Waals surface area contributed by atoms with Crippen LogP contribution in [0.25, 0.3) is 0 Å². The number of rotatable bonds is 0. The van der Waals surface area contributed by atoms with E-state index in [9.17, 15) is 4.79 Å². The molecule has 1 aromatic carbocycles. The van der Waals surface area contributed by atoms with Crippen LogP contribution in [0.4, 0.5) is 0 Å². The van der Waals surface area contributed by atoms with Gasteiger partial charge in [0.25, 0.3) is 0 Å². The molecule has 2 aliphatic rings. The van der Waals surface area contributed by atoms with Crippen molar-refractivity contribution < 1.29 is 4.79 Å². The molecule has 0 bridgehead atoms. The molecule has 0 N–H and O–H groups in total. The number of hydrogen-bond acceptors (Lipinski definition) is 1. The topological polar surface area (TPSA) is 17.1 Å². The molecule has 1 aromatic rings. The van der Waals surface area contributed by atoms with Gasteiger partial charge in [-0.3, -0.25) is 4.79 Å².